The van der Waals surface area contributed by atoms with Crippen molar-refractivity contribution in [2.75, 3.05) is 20.8 Å². The second kappa shape index (κ2) is 9.66. The Kier molecular flexibility index (Phi) is 7.25. The van der Waals surface area contributed by atoms with Gasteiger partial charge in [0.2, 0.25) is 5.91 Å². The van der Waals surface area contributed by atoms with Gasteiger partial charge in [0.1, 0.15) is 17.6 Å². The van der Waals surface area contributed by atoms with E-state index in [0.29, 0.717) is 13.1 Å². The summed E-state index contributed by atoms with van der Waals surface area (Å²) >= 11 is 0. The summed E-state index contributed by atoms with van der Waals surface area (Å²) in [5.41, 5.74) is 1.99. The van der Waals surface area contributed by atoms with Gasteiger partial charge in [-0.2, -0.15) is 0 Å². The van der Waals surface area contributed by atoms with Crippen molar-refractivity contribution in [2.45, 2.75) is 19.2 Å². The van der Waals surface area contributed by atoms with Gasteiger partial charge >= 0.3 is 0 Å². The minimum atomic E-state index is -1.10. The lowest BCUT2D eigenvalue weighted by molar-refractivity contribution is -0.129. The van der Waals surface area contributed by atoms with Gasteiger partial charge in [0.05, 0.1) is 14.2 Å². The first-order valence-corrected chi connectivity index (χ1v) is 8.04. The highest BCUT2D eigenvalue weighted by molar-refractivity contribution is 5.80. The fraction of sp³-hybridized carbons (Fsp3) is 0.316. The summed E-state index contributed by atoms with van der Waals surface area (Å²) in [5.74, 6) is 1.15. The molecule has 0 saturated carbocycles. The van der Waals surface area contributed by atoms with Crippen LogP contribution in [0, 0.1) is 0 Å². The molecule has 0 radical (unpaired) electrons. The van der Waals surface area contributed by atoms with Gasteiger partial charge in [0.25, 0.3) is 0 Å². The topological polar surface area (TPSA) is 79.8 Å². The predicted octanol–water partition coefficient (Wildman–Crippen LogP) is 1.47. The summed E-state index contributed by atoms with van der Waals surface area (Å²) in [7, 11) is 3.22. The Morgan fingerprint density at radius 1 is 0.920 bits per heavy atom. The van der Waals surface area contributed by atoms with Crippen molar-refractivity contribution in [1.29, 1.82) is 0 Å². The maximum atomic E-state index is 11.9. The first-order valence-electron chi connectivity index (χ1n) is 8.04. The smallest absolute Gasteiger partial charge is 0.250 e. The number of aliphatic hydroxyl groups is 1. The van der Waals surface area contributed by atoms with E-state index in [1.807, 2.05) is 48.5 Å². The van der Waals surface area contributed by atoms with Crippen LogP contribution in [0.3, 0.4) is 0 Å². The van der Waals surface area contributed by atoms with Crippen molar-refractivity contribution in [3.8, 4) is 11.5 Å². The van der Waals surface area contributed by atoms with Gasteiger partial charge in [0.15, 0.2) is 0 Å². The van der Waals surface area contributed by atoms with Crippen molar-refractivity contribution in [2.24, 2.45) is 0 Å². The second-order valence-corrected chi connectivity index (χ2v) is 5.56. The van der Waals surface area contributed by atoms with E-state index in [-0.39, 0.29) is 6.54 Å². The molecule has 0 bridgehead atoms. The monoisotopic (exact) mass is 344 g/mol. The first-order chi connectivity index (χ1) is 12.1. The van der Waals surface area contributed by atoms with Crippen molar-refractivity contribution in [3.63, 3.8) is 0 Å². The quantitative estimate of drug-likeness (QED) is 0.642. The second-order valence-electron chi connectivity index (χ2n) is 5.56. The van der Waals surface area contributed by atoms with Crippen molar-refractivity contribution in [1.82, 2.24) is 10.6 Å². The molecule has 6 nitrogen and oxygen atoms in total. The molecule has 0 aliphatic carbocycles. The molecular formula is C19H24N2O4. The van der Waals surface area contributed by atoms with Crippen LogP contribution < -0.4 is 20.1 Å². The zero-order chi connectivity index (χ0) is 18.1. The van der Waals surface area contributed by atoms with Gasteiger partial charge in [0, 0.05) is 19.6 Å². The molecule has 0 aromatic heterocycles. The molecule has 0 heterocycles. The lowest BCUT2D eigenvalue weighted by Gasteiger charge is -2.13. The van der Waals surface area contributed by atoms with Crippen LogP contribution in [0.1, 0.15) is 11.1 Å². The maximum Gasteiger partial charge on any atom is 0.250 e. The molecular weight excluding hydrogens is 320 g/mol. The molecule has 2 aromatic rings. The molecule has 1 unspecified atom stereocenters. The zero-order valence-corrected chi connectivity index (χ0v) is 14.5. The van der Waals surface area contributed by atoms with Gasteiger partial charge in [-0.25, -0.2) is 0 Å². The molecule has 1 atom stereocenters. The number of carbonyl (C=O) groups is 1. The number of carbonyl (C=O) groups excluding carboxylic acids is 1. The van der Waals surface area contributed by atoms with Gasteiger partial charge in [-0.1, -0.05) is 24.3 Å². The fourth-order valence-corrected chi connectivity index (χ4v) is 2.24. The van der Waals surface area contributed by atoms with Crippen LogP contribution in [-0.2, 0) is 17.9 Å². The van der Waals surface area contributed by atoms with Crippen LogP contribution in [-0.4, -0.2) is 37.9 Å². The molecule has 6 heteroatoms. The third-order valence-electron chi connectivity index (χ3n) is 3.75. The van der Waals surface area contributed by atoms with E-state index in [9.17, 15) is 9.90 Å². The lowest BCUT2D eigenvalue weighted by atomic mass is 10.2. The summed E-state index contributed by atoms with van der Waals surface area (Å²) in [4.78, 5) is 11.9. The largest absolute Gasteiger partial charge is 0.497 e. The van der Waals surface area contributed by atoms with Crippen molar-refractivity contribution in [3.05, 3.63) is 59.7 Å². The standard InChI is InChI=1S/C19H24N2O4/c1-24-16-7-3-14(4-8-16)11-20-13-18(22)19(23)21-12-15-5-9-17(25-2)10-6-15/h3-10,18,20,22H,11-13H2,1-2H3,(H,21,23). The molecule has 2 aromatic carbocycles. The Labute approximate surface area is 147 Å². The molecule has 1 amide bonds. The molecule has 25 heavy (non-hydrogen) atoms. The molecule has 2 rings (SSSR count). The van der Waals surface area contributed by atoms with E-state index < -0.39 is 12.0 Å². The maximum absolute atomic E-state index is 11.9. The molecule has 0 aliphatic heterocycles. The number of hydrogen-bond acceptors (Lipinski definition) is 5. The summed E-state index contributed by atoms with van der Waals surface area (Å²) < 4.78 is 10.2. The van der Waals surface area contributed by atoms with Crippen LogP contribution in [0.25, 0.3) is 0 Å². The summed E-state index contributed by atoms with van der Waals surface area (Å²) in [6, 6.07) is 15.0. The molecule has 0 aliphatic rings. The Balaban J connectivity index is 1.70. The number of rotatable bonds is 9. The summed E-state index contributed by atoms with van der Waals surface area (Å²) in [5, 5.41) is 15.7. The van der Waals surface area contributed by atoms with E-state index in [1.54, 1.807) is 14.2 Å². The summed E-state index contributed by atoms with van der Waals surface area (Å²) in [6.45, 7) is 1.10. The number of benzene rings is 2. The van der Waals surface area contributed by atoms with Crippen LogP contribution in [0.2, 0.25) is 0 Å². The van der Waals surface area contributed by atoms with Crippen molar-refractivity contribution < 1.29 is 19.4 Å². The lowest BCUT2D eigenvalue weighted by Crippen LogP contribution is -2.40. The molecule has 134 valence electrons. The van der Waals surface area contributed by atoms with Crippen LogP contribution in [0.4, 0.5) is 0 Å². The van der Waals surface area contributed by atoms with Crippen LogP contribution in [0.15, 0.2) is 48.5 Å². The zero-order valence-electron chi connectivity index (χ0n) is 14.5. The number of nitrogens with one attached hydrogen (secondary N) is 2. The molecule has 0 spiro atoms. The minimum absolute atomic E-state index is 0.181. The summed E-state index contributed by atoms with van der Waals surface area (Å²) in [6.07, 6.45) is -1.10. The fourth-order valence-electron chi connectivity index (χ4n) is 2.24. The number of ether oxygens (including phenoxy) is 2. The average Bonchev–Trinajstić information content (AvgIpc) is 2.66. The van der Waals surface area contributed by atoms with Crippen LogP contribution >= 0.6 is 0 Å². The third kappa shape index (κ3) is 6.10. The number of methoxy groups -OCH3 is 2. The van der Waals surface area contributed by atoms with E-state index in [4.69, 9.17) is 9.47 Å². The molecule has 3 N–H and O–H groups in total. The van der Waals surface area contributed by atoms with E-state index in [2.05, 4.69) is 10.6 Å². The minimum Gasteiger partial charge on any atom is -0.497 e. The van der Waals surface area contributed by atoms with E-state index >= 15 is 0 Å². The third-order valence-corrected chi connectivity index (χ3v) is 3.75. The normalized spacial score (nSPS) is 11.6. The highest BCUT2D eigenvalue weighted by Gasteiger charge is 2.13. The van der Waals surface area contributed by atoms with Gasteiger partial charge in [-0.15, -0.1) is 0 Å². The Morgan fingerprint density at radius 3 is 1.88 bits per heavy atom. The predicted molar refractivity (Wildman–Crippen MR) is 95.5 cm³/mol. The van der Waals surface area contributed by atoms with Gasteiger partial charge < -0.3 is 25.2 Å². The van der Waals surface area contributed by atoms with Gasteiger partial charge in [-0.3, -0.25) is 4.79 Å². The Morgan fingerprint density at radius 2 is 1.40 bits per heavy atom. The first kappa shape index (κ1) is 18.8. The molecule has 0 saturated heterocycles. The Hall–Kier alpha value is -2.57. The van der Waals surface area contributed by atoms with Gasteiger partial charge in [-0.05, 0) is 35.4 Å². The van der Waals surface area contributed by atoms with E-state index in [1.165, 1.54) is 0 Å². The number of aliphatic hydroxyl groups excluding tert-OH is 1. The molecule has 0 fully saturated rings. The number of hydrogen-bond donors (Lipinski definition) is 3. The SMILES string of the molecule is COc1ccc(CNCC(O)C(=O)NCc2ccc(OC)cc2)cc1. The highest BCUT2D eigenvalue weighted by Crippen LogP contribution is 2.11. The number of amides is 1. The Bertz CT molecular complexity index is 656. The van der Waals surface area contributed by atoms with Crippen molar-refractivity contribution >= 4 is 5.91 Å². The van der Waals surface area contributed by atoms with Crippen LogP contribution in [0.5, 0.6) is 11.5 Å². The van der Waals surface area contributed by atoms with E-state index in [0.717, 1.165) is 22.6 Å². The highest BCUT2D eigenvalue weighted by atomic mass is 16.5. The average molecular weight is 344 g/mol.